The van der Waals surface area contributed by atoms with Crippen molar-refractivity contribution in [3.63, 3.8) is 0 Å². The number of hydrogen-bond acceptors (Lipinski definition) is 3. The van der Waals surface area contributed by atoms with Gasteiger partial charge in [-0.25, -0.2) is 9.78 Å². The predicted molar refractivity (Wildman–Crippen MR) is 37.6 cm³/mol. The van der Waals surface area contributed by atoms with Crippen LogP contribution in [-0.2, 0) is 6.54 Å². The van der Waals surface area contributed by atoms with Crippen LogP contribution in [0.5, 0.6) is 0 Å². The molecule has 0 atom stereocenters. The Morgan fingerprint density at radius 1 is 1.73 bits per heavy atom. The molecule has 11 heavy (non-hydrogen) atoms. The van der Waals surface area contributed by atoms with Gasteiger partial charge in [-0.15, -0.1) is 0 Å². The lowest BCUT2D eigenvalue weighted by atomic mass is 10.6. The molecule has 0 saturated carbocycles. The highest BCUT2D eigenvalue weighted by Gasteiger charge is 1.92. The third kappa shape index (κ3) is 2.65. The number of nitrogens with one attached hydrogen (secondary N) is 1. The Bertz CT molecular complexity index is 219. The monoisotopic (exact) mass is 155 g/mol. The van der Waals surface area contributed by atoms with Crippen molar-refractivity contribution in [1.29, 1.82) is 0 Å². The van der Waals surface area contributed by atoms with E-state index >= 15 is 0 Å². The summed E-state index contributed by atoms with van der Waals surface area (Å²) in [6.45, 7) is 1.06. The van der Waals surface area contributed by atoms with Gasteiger partial charge in [-0.3, -0.25) is 4.68 Å². The summed E-state index contributed by atoms with van der Waals surface area (Å²) in [6, 6.07) is -0.523. The van der Waals surface area contributed by atoms with Crippen molar-refractivity contribution in [1.82, 2.24) is 20.1 Å². The van der Waals surface area contributed by atoms with Crippen molar-refractivity contribution >= 4 is 6.03 Å². The van der Waals surface area contributed by atoms with Gasteiger partial charge in [0.25, 0.3) is 0 Å². The minimum Gasteiger partial charge on any atom is -0.352 e. The molecular weight excluding hydrogens is 146 g/mol. The molecule has 0 bridgehead atoms. The zero-order valence-corrected chi connectivity index (χ0v) is 5.90. The minimum absolute atomic E-state index is 0.471. The Morgan fingerprint density at radius 3 is 3.09 bits per heavy atom. The summed E-state index contributed by atoms with van der Waals surface area (Å²) >= 11 is 0. The standard InChI is InChI=1S/C5H9N5O/c6-5(11)8-1-2-10-4-7-3-9-10/h3-4H,1-2H2,(H3,6,8,11). The molecule has 0 aliphatic heterocycles. The summed E-state index contributed by atoms with van der Waals surface area (Å²) in [5.41, 5.74) is 4.84. The third-order valence-electron chi connectivity index (χ3n) is 1.11. The smallest absolute Gasteiger partial charge is 0.312 e. The van der Waals surface area contributed by atoms with Gasteiger partial charge in [0.15, 0.2) is 0 Å². The van der Waals surface area contributed by atoms with Gasteiger partial charge in [-0.05, 0) is 0 Å². The molecule has 6 nitrogen and oxygen atoms in total. The van der Waals surface area contributed by atoms with E-state index in [-0.39, 0.29) is 0 Å². The fourth-order valence-electron chi connectivity index (χ4n) is 0.642. The summed E-state index contributed by atoms with van der Waals surface area (Å²) in [4.78, 5) is 13.9. The second-order valence-electron chi connectivity index (χ2n) is 1.95. The Balaban J connectivity index is 2.19. The van der Waals surface area contributed by atoms with Crippen molar-refractivity contribution in [2.45, 2.75) is 6.54 Å². The number of rotatable bonds is 3. The zero-order valence-electron chi connectivity index (χ0n) is 5.90. The molecule has 1 aromatic heterocycles. The predicted octanol–water partition coefficient (Wildman–Crippen LogP) is -1.05. The lowest BCUT2D eigenvalue weighted by Crippen LogP contribution is -2.32. The van der Waals surface area contributed by atoms with E-state index in [9.17, 15) is 4.79 Å². The Morgan fingerprint density at radius 2 is 2.55 bits per heavy atom. The Kier molecular flexibility index (Phi) is 2.42. The van der Waals surface area contributed by atoms with Crippen LogP contribution < -0.4 is 11.1 Å². The quantitative estimate of drug-likeness (QED) is 0.583. The first-order chi connectivity index (χ1) is 5.29. The van der Waals surface area contributed by atoms with Crippen LogP contribution >= 0.6 is 0 Å². The van der Waals surface area contributed by atoms with Gasteiger partial charge in [0.05, 0.1) is 6.54 Å². The average molecular weight is 155 g/mol. The van der Waals surface area contributed by atoms with E-state index in [1.54, 1.807) is 11.0 Å². The molecule has 0 radical (unpaired) electrons. The largest absolute Gasteiger partial charge is 0.352 e. The number of carbonyl (C=O) groups excluding carboxylic acids is 1. The molecular formula is C5H9N5O. The molecule has 1 aromatic rings. The highest BCUT2D eigenvalue weighted by atomic mass is 16.2. The molecule has 1 rings (SSSR count). The van der Waals surface area contributed by atoms with Crippen molar-refractivity contribution in [3.05, 3.63) is 12.7 Å². The normalized spacial score (nSPS) is 9.45. The van der Waals surface area contributed by atoms with Gasteiger partial charge in [-0.1, -0.05) is 0 Å². The number of urea groups is 1. The van der Waals surface area contributed by atoms with E-state index in [0.717, 1.165) is 0 Å². The molecule has 0 aliphatic carbocycles. The molecule has 0 saturated heterocycles. The van der Waals surface area contributed by atoms with Gasteiger partial charge < -0.3 is 11.1 Å². The molecule has 3 N–H and O–H groups in total. The van der Waals surface area contributed by atoms with Crippen LogP contribution in [-0.4, -0.2) is 27.3 Å². The van der Waals surface area contributed by atoms with E-state index in [0.29, 0.717) is 13.1 Å². The van der Waals surface area contributed by atoms with Gasteiger partial charge in [0.1, 0.15) is 12.7 Å². The van der Waals surface area contributed by atoms with Crippen molar-refractivity contribution in [3.8, 4) is 0 Å². The maximum absolute atomic E-state index is 10.2. The fourth-order valence-corrected chi connectivity index (χ4v) is 0.642. The topological polar surface area (TPSA) is 85.8 Å². The van der Waals surface area contributed by atoms with E-state index in [1.807, 2.05) is 0 Å². The van der Waals surface area contributed by atoms with E-state index < -0.39 is 6.03 Å². The number of nitrogens with zero attached hydrogens (tertiary/aromatic N) is 3. The molecule has 6 heteroatoms. The van der Waals surface area contributed by atoms with Crippen LogP contribution in [0, 0.1) is 0 Å². The number of nitrogens with two attached hydrogens (primary N) is 1. The maximum atomic E-state index is 10.2. The Hall–Kier alpha value is -1.59. The minimum atomic E-state index is -0.523. The summed E-state index contributed by atoms with van der Waals surface area (Å²) in [5.74, 6) is 0. The van der Waals surface area contributed by atoms with Crippen molar-refractivity contribution < 1.29 is 4.79 Å². The number of carbonyl (C=O) groups is 1. The number of primary amides is 1. The van der Waals surface area contributed by atoms with Crippen molar-refractivity contribution in [2.75, 3.05) is 6.54 Å². The first-order valence-electron chi connectivity index (χ1n) is 3.15. The number of amides is 2. The highest BCUT2D eigenvalue weighted by molar-refractivity contribution is 5.71. The SMILES string of the molecule is NC(=O)NCCn1cncn1. The summed E-state index contributed by atoms with van der Waals surface area (Å²) in [5, 5.41) is 6.26. The molecule has 0 aliphatic rings. The van der Waals surface area contributed by atoms with E-state index in [1.165, 1.54) is 6.33 Å². The zero-order chi connectivity index (χ0) is 8.10. The van der Waals surface area contributed by atoms with Gasteiger partial charge in [-0.2, -0.15) is 5.10 Å². The molecule has 0 unspecified atom stereocenters. The van der Waals surface area contributed by atoms with Crippen LogP contribution in [0.1, 0.15) is 0 Å². The number of aromatic nitrogens is 3. The van der Waals surface area contributed by atoms with Crippen LogP contribution in [0.4, 0.5) is 4.79 Å². The lowest BCUT2D eigenvalue weighted by molar-refractivity contribution is 0.248. The first-order valence-corrected chi connectivity index (χ1v) is 3.15. The second kappa shape index (κ2) is 3.55. The summed E-state index contributed by atoms with van der Waals surface area (Å²) in [6.07, 6.45) is 3.01. The molecule has 60 valence electrons. The lowest BCUT2D eigenvalue weighted by Gasteiger charge is -1.99. The van der Waals surface area contributed by atoms with Crippen LogP contribution in [0.3, 0.4) is 0 Å². The molecule has 2 amide bonds. The van der Waals surface area contributed by atoms with Crippen molar-refractivity contribution in [2.24, 2.45) is 5.73 Å². The summed E-state index contributed by atoms with van der Waals surface area (Å²) < 4.78 is 1.61. The highest BCUT2D eigenvalue weighted by Crippen LogP contribution is 1.76. The second-order valence-corrected chi connectivity index (χ2v) is 1.95. The van der Waals surface area contributed by atoms with Gasteiger partial charge in [0.2, 0.25) is 0 Å². The summed E-state index contributed by atoms with van der Waals surface area (Å²) in [7, 11) is 0. The van der Waals surface area contributed by atoms with Crippen LogP contribution in [0.25, 0.3) is 0 Å². The third-order valence-corrected chi connectivity index (χ3v) is 1.11. The van der Waals surface area contributed by atoms with Crippen LogP contribution in [0.2, 0.25) is 0 Å². The molecule has 1 heterocycles. The Labute approximate surface area is 63.4 Å². The molecule has 0 spiro atoms. The van der Waals surface area contributed by atoms with E-state index in [2.05, 4.69) is 15.4 Å². The van der Waals surface area contributed by atoms with Gasteiger partial charge >= 0.3 is 6.03 Å². The van der Waals surface area contributed by atoms with Gasteiger partial charge in [0, 0.05) is 6.54 Å². The first kappa shape index (κ1) is 7.52. The fraction of sp³-hybridized carbons (Fsp3) is 0.400. The van der Waals surface area contributed by atoms with E-state index in [4.69, 9.17) is 5.73 Å². The van der Waals surface area contributed by atoms with Crippen LogP contribution in [0.15, 0.2) is 12.7 Å². The maximum Gasteiger partial charge on any atom is 0.312 e. The molecule has 0 fully saturated rings. The average Bonchev–Trinajstić information content (AvgIpc) is 2.39. The number of hydrogen-bond donors (Lipinski definition) is 2. The molecule has 0 aromatic carbocycles.